The predicted octanol–water partition coefficient (Wildman–Crippen LogP) is 3.63. The molecule has 1 saturated heterocycles. The molecule has 0 bridgehead atoms. The number of hydrogen-bond acceptors (Lipinski definition) is 6. The van der Waals surface area contributed by atoms with Crippen molar-refractivity contribution in [3.63, 3.8) is 0 Å². The normalized spacial score (nSPS) is 17.5. The van der Waals surface area contributed by atoms with Crippen LogP contribution in [0.3, 0.4) is 0 Å². The van der Waals surface area contributed by atoms with Crippen LogP contribution < -0.4 is 4.74 Å². The highest BCUT2D eigenvalue weighted by Crippen LogP contribution is 2.32. The zero-order valence-corrected chi connectivity index (χ0v) is 18.5. The van der Waals surface area contributed by atoms with Crippen LogP contribution in [-0.2, 0) is 23.0 Å². The van der Waals surface area contributed by atoms with Crippen LogP contribution >= 0.6 is 0 Å². The summed E-state index contributed by atoms with van der Waals surface area (Å²) in [4.78, 5) is 12.9. The van der Waals surface area contributed by atoms with Crippen LogP contribution in [0.1, 0.15) is 23.1 Å². The number of allylic oxidation sites excluding steroid dienone is 1. The third kappa shape index (κ3) is 5.37. The Balaban J connectivity index is 1.40. The number of rotatable bonds is 7. The van der Waals surface area contributed by atoms with Gasteiger partial charge in [0.15, 0.2) is 0 Å². The van der Waals surface area contributed by atoms with Crippen LogP contribution in [0.5, 0.6) is 5.75 Å². The topological polar surface area (TPSA) is 93.0 Å². The van der Waals surface area contributed by atoms with Crippen molar-refractivity contribution in [1.82, 2.24) is 9.21 Å². The number of nitro groups is 1. The summed E-state index contributed by atoms with van der Waals surface area (Å²) in [5, 5.41) is 11.0. The number of aryl methyl sites for hydroxylation is 1. The fraction of sp³-hybridized carbons (Fsp3) is 0.364. The standard InChI is InChI=1S/C22H23F2N3O5S/c23-22(24)32-20-6-4-18-14-21(7-5-17(18)13-20)33(30,31)26-10-8-25(9-11-26)15-16-2-1-3-19(12-16)27(28)29/h1-4,6,12-14,22H,5,7-11,15H2. The van der Waals surface area contributed by atoms with Gasteiger partial charge in [-0.1, -0.05) is 18.2 Å². The molecule has 2 aliphatic rings. The average molecular weight is 480 g/mol. The van der Waals surface area contributed by atoms with E-state index in [-0.39, 0.29) is 11.4 Å². The number of halogens is 2. The molecule has 0 unspecified atom stereocenters. The maximum Gasteiger partial charge on any atom is 0.387 e. The minimum absolute atomic E-state index is 0.0334. The lowest BCUT2D eigenvalue weighted by Crippen LogP contribution is -2.48. The first-order valence-corrected chi connectivity index (χ1v) is 11.9. The van der Waals surface area contributed by atoms with Gasteiger partial charge in [0, 0.05) is 44.9 Å². The minimum Gasteiger partial charge on any atom is -0.435 e. The molecule has 4 rings (SSSR count). The summed E-state index contributed by atoms with van der Waals surface area (Å²) < 4.78 is 57.1. The Labute approximate surface area is 190 Å². The van der Waals surface area contributed by atoms with Crippen molar-refractivity contribution in [3.8, 4) is 5.75 Å². The van der Waals surface area contributed by atoms with E-state index in [0.29, 0.717) is 56.0 Å². The number of non-ortho nitro benzene ring substituents is 1. The number of piperazine rings is 1. The summed E-state index contributed by atoms with van der Waals surface area (Å²) in [6.45, 7) is -0.728. The van der Waals surface area contributed by atoms with Crippen molar-refractivity contribution in [2.24, 2.45) is 0 Å². The van der Waals surface area contributed by atoms with Gasteiger partial charge in [0.05, 0.1) is 9.83 Å². The quantitative estimate of drug-likeness (QED) is 0.445. The molecule has 1 fully saturated rings. The third-order valence-electron chi connectivity index (χ3n) is 5.83. The van der Waals surface area contributed by atoms with Gasteiger partial charge in [-0.3, -0.25) is 15.0 Å². The smallest absolute Gasteiger partial charge is 0.387 e. The summed E-state index contributed by atoms with van der Waals surface area (Å²) >= 11 is 0. The Morgan fingerprint density at radius 3 is 2.52 bits per heavy atom. The highest BCUT2D eigenvalue weighted by Gasteiger charge is 2.31. The fourth-order valence-corrected chi connectivity index (χ4v) is 5.75. The van der Waals surface area contributed by atoms with E-state index in [0.717, 1.165) is 11.1 Å². The van der Waals surface area contributed by atoms with E-state index >= 15 is 0 Å². The number of benzene rings is 2. The van der Waals surface area contributed by atoms with E-state index in [1.54, 1.807) is 18.2 Å². The molecule has 1 aliphatic carbocycles. The largest absolute Gasteiger partial charge is 0.435 e. The Morgan fingerprint density at radius 1 is 1.06 bits per heavy atom. The SMILES string of the molecule is O=[N+]([O-])c1cccc(CN2CCN(S(=O)(=O)C3=Cc4ccc(OC(F)F)cc4CC3)CC2)c1. The Bertz CT molecular complexity index is 1180. The van der Waals surface area contributed by atoms with Crippen molar-refractivity contribution >= 4 is 21.8 Å². The molecule has 0 aromatic heterocycles. The summed E-state index contributed by atoms with van der Waals surface area (Å²) in [7, 11) is -3.64. The second kappa shape index (κ2) is 9.54. The molecule has 11 heteroatoms. The molecule has 0 amide bonds. The van der Waals surface area contributed by atoms with Gasteiger partial charge < -0.3 is 4.74 Å². The van der Waals surface area contributed by atoms with Crippen LogP contribution in [0.25, 0.3) is 6.08 Å². The summed E-state index contributed by atoms with van der Waals surface area (Å²) in [5.41, 5.74) is 2.30. The number of sulfonamides is 1. The van der Waals surface area contributed by atoms with Crippen LogP contribution in [0, 0.1) is 10.1 Å². The Kier molecular flexibility index (Phi) is 6.73. The molecular formula is C22H23F2N3O5S. The molecule has 2 aromatic carbocycles. The fourth-order valence-electron chi connectivity index (χ4n) is 4.14. The van der Waals surface area contributed by atoms with Gasteiger partial charge in [0.25, 0.3) is 5.69 Å². The molecule has 0 radical (unpaired) electrons. The van der Waals surface area contributed by atoms with Crippen LogP contribution in [0.2, 0.25) is 0 Å². The van der Waals surface area contributed by atoms with Crippen molar-refractivity contribution in [3.05, 3.63) is 74.2 Å². The van der Waals surface area contributed by atoms with Gasteiger partial charge >= 0.3 is 6.61 Å². The van der Waals surface area contributed by atoms with Gasteiger partial charge in [-0.05, 0) is 47.7 Å². The zero-order chi connectivity index (χ0) is 23.6. The summed E-state index contributed by atoms with van der Waals surface area (Å²) in [6, 6.07) is 11.0. The van der Waals surface area contributed by atoms with Gasteiger partial charge in [-0.2, -0.15) is 13.1 Å². The van der Waals surface area contributed by atoms with E-state index < -0.39 is 21.6 Å². The van der Waals surface area contributed by atoms with Gasteiger partial charge in [0.1, 0.15) is 5.75 Å². The second-order valence-electron chi connectivity index (χ2n) is 7.96. The first-order chi connectivity index (χ1) is 15.7. The van der Waals surface area contributed by atoms with Crippen LogP contribution in [-0.4, -0.2) is 55.3 Å². The number of alkyl halides is 2. The van der Waals surface area contributed by atoms with Crippen LogP contribution in [0.15, 0.2) is 47.4 Å². The van der Waals surface area contributed by atoms with Crippen molar-refractivity contribution < 1.29 is 26.9 Å². The average Bonchev–Trinajstić information content (AvgIpc) is 2.79. The maximum absolute atomic E-state index is 13.2. The number of hydrogen-bond donors (Lipinski definition) is 0. The number of nitro benzene ring substituents is 1. The molecule has 2 aromatic rings. The first-order valence-electron chi connectivity index (χ1n) is 10.5. The lowest BCUT2D eigenvalue weighted by atomic mass is 9.97. The molecule has 0 spiro atoms. The Morgan fingerprint density at radius 2 is 1.82 bits per heavy atom. The molecule has 1 heterocycles. The van der Waals surface area contributed by atoms with E-state index in [1.165, 1.54) is 28.6 Å². The lowest BCUT2D eigenvalue weighted by Gasteiger charge is -2.35. The van der Waals surface area contributed by atoms with E-state index in [4.69, 9.17) is 0 Å². The summed E-state index contributed by atoms with van der Waals surface area (Å²) in [6.07, 6.45) is 2.32. The molecular weight excluding hydrogens is 456 g/mol. The maximum atomic E-state index is 13.2. The number of fused-ring (bicyclic) bond motifs is 1. The van der Waals surface area contributed by atoms with Gasteiger partial charge in [-0.15, -0.1) is 0 Å². The Hall–Kier alpha value is -2.89. The van der Waals surface area contributed by atoms with Crippen LogP contribution in [0.4, 0.5) is 14.5 Å². The first kappa shape index (κ1) is 23.3. The number of nitrogens with zero attached hydrogens (tertiary/aromatic N) is 3. The van der Waals surface area contributed by atoms with Gasteiger partial charge in [-0.25, -0.2) is 8.42 Å². The molecule has 1 aliphatic heterocycles. The molecule has 176 valence electrons. The molecule has 8 nitrogen and oxygen atoms in total. The van der Waals surface area contributed by atoms with E-state index in [1.807, 2.05) is 6.07 Å². The van der Waals surface area contributed by atoms with E-state index in [9.17, 15) is 27.3 Å². The second-order valence-corrected chi connectivity index (χ2v) is 9.95. The van der Waals surface area contributed by atoms with E-state index in [2.05, 4.69) is 9.64 Å². The third-order valence-corrected chi connectivity index (χ3v) is 7.86. The summed E-state index contributed by atoms with van der Waals surface area (Å²) in [5.74, 6) is 0.0586. The molecule has 0 atom stereocenters. The minimum atomic E-state index is -3.64. The highest BCUT2D eigenvalue weighted by atomic mass is 32.2. The number of ether oxygens (including phenoxy) is 1. The molecule has 33 heavy (non-hydrogen) atoms. The lowest BCUT2D eigenvalue weighted by molar-refractivity contribution is -0.384. The predicted molar refractivity (Wildman–Crippen MR) is 118 cm³/mol. The van der Waals surface area contributed by atoms with Crippen molar-refractivity contribution in [2.75, 3.05) is 26.2 Å². The van der Waals surface area contributed by atoms with Crippen molar-refractivity contribution in [2.45, 2.75) is 26.0 Å². The molecule has 0 saturated carbocycles. The molecule has 0 N–H and O–H groups in total. The van der Waals surface area contributed by atoms with Gasteiger partial charge in [0.2, 0.25) is 10.0 Å². The zero-order valence-electron chi connectivity index (χ0n) is 17.7. The highest BCUT2D eigenvalue weighted by molar-refractivity contribution is 7.93. The van der Waals surface area contributed by atoms with Crippen molar-refractivity contribution in [1.29, 1.82) is 0 Å². The monoisotopic (exact) mass is 479 g/mol.